The van der Waals surface area contributed by atoms with E-state index in [1.807, 2.05) is 6.08 Å². The van der Waals surface area contributed by atoms with Crippen molar-refractivity contribution in [2.24, 2.45) is 0 Å². The number of rotatable bonds is 50. The summed E-state index contributed by atoms with van der Waals surface area (Å²) >= 11 is 0. The van der Waals surface area contributed by atoms with Crippen molar-refractivity contribution in [3.8, 4) is 0 Å². The molecule has 1 saturated heterocycles. The molecule has 0 bridgehead atoms. The number of aliphatic hydroxyl groups excluding tert-OH is 5. The minimum Gasteiger partial charge on any atom is -0.394 e. The van der Waals surface area contributed by atoms with Gasteiger partial charge in [0, 0.05) is 6.42 Å². The average molecular weight is 1020 g/mol. The second-order valence-corrected chi connectivity index (χ2v) is 20.4. The summed E-state index contributed by atoms with van der Waals surface area (Å²) in [6.45, 7) is 3.67. The summed E-state index contributed by atoms with van der Waals surface area (Å²) in [4.78, 5) is 13.1. The first-order valence-corrected chi connectivity index (χ1v) is 30.0. The molecule has 7 atom stereocenters. The summed E-state index contributed by atoms with van der Waals surface area (Å²) in [5.41, 5.74) is 0. The molecule has 0 aromatic carbocycles. The molecule has 0 spiro atoms. The predicted octanol–water partition coefficient (Wildman–Crippen LogP) is 15.2. The van der Waals surface area contributed by atoms with Crippen molar-refractivity contribution in [1.29, 1.82) is 0 Å². The SMILES string of the molecule is CC/C=C\C/C=C\C/C=C\C/C=C\C/C=C\C/C=C\C/C=C\CCCCCCCCCCCCCC(=O)NC(COC1OC(CO)C(O)C(O)C1O)C(O)/C=C/CCCCCCCCCCCCCCCCC. The molecule has 0 aromatic heterocycles. The van der Waals surface area contributed by atoms with E-state index in [0.29, 0.717) is 6.42 Å². The minimum absolute atomic E-state index is 0.183. The van der Waals surface area contributed by atoms with Gasteiger partial charge in [-0.3, -0.25) is 4.79 Å². The van der Waals surface area contributed by atoms with Gasteiger partial charge in [0.15, 0.2) is 6.29 Å². The van der Waals surface area contributed by atoms with Crippen LogP contribution in [0.15, 0.2) is 97.2 Å². The first kappa shape index (κ1) is 68.1. The van der Waals surface area contributed by atoms with Gasteiger partial charge in [0.2, 0.25) is 5.91 Å². The van der Waals surface area contributed by atoms with Crippen molar-refractivity contribution in [2.45, 2.75) is 288 Å². The van der Waals surface area contributed by atoms with Crippen LogP contribution < -0.4 is 5.32 Å². The lowest BCUT2D eigenvalue weighted by Crippen LogP contribution is -2.60. The van der Waals surface area contributed by atoms with Crippen molar-refractivity contribution in [2.75, 3.05) is 13.2 Å². The van der Waals surface area contributed by atoms with Crippen LogP contribution in [0.5, 0.6) is 0 Å². The second kappa shape index (κ2) is 52.5. The maximum atomic E-state index is 13.1. The maximum Gasteiger partial charge on any atom is 0.220 e. The van der Waals surface area contributed by atoms with Crippen LogP contribution in [0, 0.1) is 0 Å². The van der Waals surface area contributed by atoms with E-state index in [0.717, 1.165) is 89.9 Å². The molecule has 1 heterocycles. The highest BCUT2D eigenvalue weighted by molar-refractivity contribution is 5.76. The fourth-order valence-electron chi connectivity index (χ4n) is 8.96. The molecule has 9 heteroatoms. The number of unbranched alkanes of at least 4 members (excludes halogenated alkanes) is 26. The van der Waals surface area contributed by atoms with Gasteiger partial charge in [-0.2, -0.15) is 0 Å². The predicted molar refractivity (Wildman–Crippen MR) is 308 cm³/mol. The van der Waals surface area contributed by atoms with Gasteiger partial charge in [0.05, 0.1) is 25.4 Å². The molecule has 1 amide bonds. The summed E-state index contributed by atoms with van der Waals surface area (Å²) in [5, 5.41) is 54.5. The molecule has 7 unspecified atom stereocenters. The summed E-state index contributed by atoms with van der Waals surface area (Å²) < 4.78 is 11.3. The first-order valence-electron chi connectivity index (χ1n) is 30.0. The van der Waals surface area contributed by atoms with Crippen molar-refractivity contribution in [1.82, 2.24) is 5.32 Å². The molecular weight excluding hydrogens is 911 g/mol. The Morgan fingerprint density at radius 2 is 0.849 bits per heavy atom. The van der Waals surface area contributed by atoms with E-state index >= 15 is 0 Å². The van der Waals surface area contributed by atoms with Crippen LogP contribution in [0.4, 0.5) is 0 Å². The molecular formula is C64H111NO8. The first-order chi connectivity index (χ1) is 35.8. The molecule has 1 fully saturated rings. The van der Waals surface area contributed by atoms with Crippen molar-refractivity contribution in [3.05, 3.63) is 97.2 Å². The van der Waals surface area contributed by atoms with E-state index in [9.17, 15) is 30.3 Å². The molecule has 6 N–H and O–H groups in total. The molecule has 420 valence electrons. The van der Waals surface area contributed by atoms with Crippen LogP contribution in [-0.2, 0) is 14.3 Å². The Balaban J connectivity index is 2.19. The van der Waals surface area contributed by atoms with Gasteiger partial charge in [-0.15, -0.1) is 0 Å². The van der Waals surface area contributed by atoms with Gasteiger partial charge < -0.3 is 40.3 Å². The number of ether oxygens (including phenoxy) is 2. The van der Waals surface area contributed by atoms with Gasteiger partial charge >= 0.3 is 0 Å². The summed E-state index contributed by atoms with van der Waals surface area (Å²) in [6.07, 6.45) is 69.0. The lowest BCUT2D eigenvalue weighted by Gasteiger charge is -2.40. The van der Waals surface area contributed by atoms with E-state index in [4.69, 9.17) is 9.47 Å². The Bertz CT molecular complexity index is 1460. The quantitative estimate of drug-likeness (QED) is 0.0261. The van der Waals surface area contributed by atoms with Gasteiger partial charge in [-0.05, 0) is 77.0 Å². The van der Waals surface area contributed by atoms with Crippen LogP contribution in [0.1, 0.15) is 245 Å². The molecule has 0 saturated carbocycles. The Morgan fingerprint density at radius 3 is 1.26 bits per heavy atom. The van der Waals surface area contributed by atoms with E-state index in [1.165, 1.54) is 135 Å². The van der Waals surface area contributed by atoms with Crippen LogP contribution >= 0.6 is 0 Å². The van der Waals surface area contributed by atoms with Gasteiger partial charge in [-0.25, -0.2) is 0 Å². The zero-order valence-corrected chi connectivity index (χ0v) is 46.6. The number of carbonyl (C=O) groups excluding carboxylic acids is 1. The largest absolute Gasteiger partial charge is 0.394 e. The van der Waals surface area contributed by atoms with Crippen LogP contribution in [0.2, 0.25) is 0 Å². The second-order valence-electron chi connectivity index (χ2n) is 20.4. The lowest BCUT2D eigenvalue weighted by atomic mass is 9.99. The molecule has 9 nitrogen and oxygen atoms in total. The Hall–Kier alpha value is -2.89. The van der Waals surface area contributed by atoms with Crippen LogP contribution in [0.25, 0.3) is 0 Å². The summed E-state index contributed by atoms with van der Waals surface area (Å²) in [6, 6.07) is -0.812. The van der Waals surface area contributed by atoms with E-state index < -0.39 is 49.5 Å². The zero-order valence-electron chi connectivity index (χ0n) is 46.6. The Kier molecular flexibility index (Phi) is 49.0. The topological polar surface area (TPSA) is 149 Å². The van der Waals surface area contributed by atoms with Gasteiger partial charge in [0.25, 0.3) is 0 Å². The Labute approximate surface area is 447 Å². The third-order valence-corrected chi connectivity index (χ3v) is 13.7. The summed E-state index contributed by atoms with van der Waals surface area (Å²) in [7, 11) is 0. The molecule has 73 heavy (non-hydrogen) atoms. The number of allylic oxidation sites excluding steroid dienone is 15. The van der Waals surface area contributed by atoms with Crippen LogP contribution in [-0.4, -0.2) is 87.5 Å². The van der Waals surface area contributed by atoms with Crippen LogP contribution in [0.3, 0.4) is 0 Å². The highest BCUT2D eigenvalue weighted by atomic mass is 16.7. The zero-order chi connectivity index (χ0) is 52.9. The number of carbonyl (C=O) groups is 1. The highest BCUT2D eigenvalue weighted by Crippen LogP contribution is 2.23. The third-order valence-electron chi connectivity index (χ3n) is 13.7. The van der Waals surface area contributed by atoms with E-state index in [1.54, 1.807) is 6.08 Å². The number of amides is 1. The smallest absolute Gasteiger partial charge is 0.220 e. The number of nitrogens with one attached hydrogen (secondary N) is 1. The third kappa shape index (κ3) is 42.0. The molecule has 1 aliphatic rings. The number of hydrogen-bond donors (Lipinski definition) is 6. The van der Waals surface area contributed by atoms with Crippen molar-refractivity contribution >= 4 is 5.91 Å². The van der Waals surface area contributed by atoms with E-state index in [2.05, 4.69) is 104 Å². The average Bonchev–Trinajstić information content (AvgIpc) is 3.39. The molecule has 0 aliphatic carbocycles. The fourth-order valence-corrected chi connectivity index (χ4v) is 8.96. The lowest BCUT2D eigenvalue weighted by molar-refractivity contribution is -0.302. The molecule has 0 radical (unpaired) electrons. The van der Waals surface area contributed by atoms with E-state index in [-0.39, 0.29) is 12.5 Å². The maximum absolute atomic E-state index is 13.1. The Morgan fingerprint density at radius 1 is 0.479 bits per heavy atom. The standard InChI is InChI=1S/C64H111NO8/c1-3-5-7-9-11-13-15-17-19-21-22-23-24-25-26-27-28-29-30-31-32-33-34-35-36-38-40-42-44-46-48-50-52-54-60(68)65-57(56-72-64-63(71)62(70)61(69)59(55-66)73-64)58(67)53-51-49-47-45-43-41-39-37-20-18-16-14-12-10-8-6-4-2/h5,7,11,13,17,19,22-23,25-26,28-29,31-32,51,53,57-59,61-64,66-67,69-71H,3-4,6,8-10,12,14-16,18,20-21,24,27,30,33-50,52,54-56H2,1-2H3,(H,65,68)/b7-5-,13-11-,19-17-,23-22-,26-25-,29-28-,32-31-,53-51+. The number of aliphatic hydroxyl groups is 5. The minimum atomic E-state index is -1.57. The molecule has 1 rings (SSSR count). The van der Waals surface area contributed by atoms with Crippen molar-refractivity contribution < 1.29 is 39.8 Å². The molecule has 0 aromatic rings. The summed E-state index contributed by atoms with van der Waals surface area (Å²) in [5.74, 6) is -0.183. The fraction of sp³-hybridized carbons (Fsp3) is 0.734. The normalized spacial score (nSPS) is 19.8. The monoisotopic (exact) mass is 1020 g/mol. The highest BCUT2D eigenvalue weighted by Gasteiger charge is 2.44. The van der Waals surface area contributed by atoms with Gasteiger partial charge in [0.1, 0.15) is 24.4 Å². The number of hydrogen-bond acceptors (Lipinski definition) is 8. The van der Waals surface area contributed by atoms with Crippen molar-refractivity contribution in [3.63, 3.8) is 0 Å². The van der Waals surface area contributed by atoms with Gasteiger partial charge in [-0.1, -0.05) is 259 Å². The molecule has 1 aliphatic heterocycles.